The average molecular weight is 258 g/mol. The first-order valence-corrected chi connectivity index (χ1v) is 5.26. The van der Waals surface area contributed by atoms with Crippen LogP contribution in [0.25, 0.3) is 0 Å². The third-order valence-electron chi connectivity index (χ3n) is 2.03. The summed E-state index contributed by atoms with van der Waals surface area (Å²) in [6, 6.07) is 0.641. The van der Waals surface area contributed by atoms with Crippen LogP contribution in [0.3, 0.4) is 0 Å². The van der Waals surface area contributed by atoms with Crippen molar-refractivity contribution in [2.24, 2.45) is 5.73 Å². The zero-order valence-electron chi connectivity index (χ0n) is 8.89. The van der Waals surface area contributed by atoms with Crippen LogP contribution in [0, 0.1) is 0 Å². The van der Waals surface area contributed by atoms with Crippen molar-refractivity contribution in [3.8, 4) is 0 Å². The molecule has 1 aromatic rings. The Bertz CT molecular complexity index is 425. The van der Waals surface area contributed by atoms with Gasteiger partial charge in [-0.05, 0) is 12.5 Å². The number of carboxylic acids is 1. The second-order valence-corrected chi connectivity index (χ2v) is 3.79. The van der Waals surface area contributed by atoms with E-state index < -0.39 is 17.9 Å². The van der Waals surface area contributed by atoms with Crippen LogP contribution in [0.5, 0.6) is 0 Å². The zero-order valence-corrected chi connectivity index (χ0v) is 9.65. The van der Waals surface area contributed by atoms with Gasteiger partial charge in [0.2, 0.25) is 5.91 Å². The van der Waals surface area contributed by atoms with Crippen molar-refractivity contribution >= 4 is 29.2 Å². The molecule has 0 saturated carbocycles. The summed E-state index contributed by atoms with van der Waals surface area (Å²) in [6.07, 6.45) is 2.79. The Morgan fingerprint density at radius 1 is 1.59 bits per heavy atom. The maximum atomic E-state index is 11.6. The Morgan fingerprint density at radius 2 is 2.29 bits per heavy atom. The number of carbonyl (C=O) groups excluding carboxylic acids is 1. The Labute approximate surface area is 103 Å². The van der Waals surface area contributed by atoms with E-state index in [9.17, 15) is 9.59 Å². The summed E-state index contributed by atoms with van der Waals surface area (Å²) in [4.78, 5) is 25.7. The number of hydrogen-bond donors (Lipinski definition) is 3. The Balaban J connectivity index is 2.54. The van der Waals surface area contributed by atoms with Crippen molar-refractivity contribution < 1.29 is 14.7 Å². The first-order chi connectivity index (χ1) is 8.00. The van der Waals surface area contributed by atoms with Crippen molar-refractivity contribution in [2.75, 3.05) is 5.32 Å². The lowest BCUT2D eigenvalue weighted by molar-refractivity contribution is -0.137. The fraction of sp³-hybridized carbons (Fsp3) is 0.300. The average Bonchev–Trinajstić information content (AvgIpc) is 2.28. The number of carboxylic acid groups (broad SMARTS) is 1. The van der Waals surface area contributed by atoms with Gasteiger partial charge >= 0.3 is 5.97 Å². The summed E-state index contributed by atoms with van der Waals surface area (Å²) in [6.45, 7) is 0. The van der Waals surface area contributed by atoms with Crippen molar-refractivity contribution in [2.45, 2.75) is 18.9 Å². The molecule has 0 bridgehead atoms. The normalized spacial score (nSPS) is 11.9. The van der Waals surface area contributed by atoms with E-state index in [0.717, 1.165) is 0 Å². The molecule has 7 heteroatoms. The number of anilines is 1. The topological polar surface area (TPSA) is 105 Å². The predicted octanol–water partition coefficient (Wildman–Crippen LogP) is 0.866. The first kappa shape index (κ1) is 13.4. The molecule has 0 aliphatic heterocycles. The van der Waals surface area contributed by atoms with E-state index in [0.29, 0.717) is 10.7 Å². The fourth-order valence-corrected chi connectivity index (χ4v) is 1.26. The lowest BCUT2D eigenvalue weighted by Gasteiger charge is -2.11. The molecule has 1 atom stereocenters. The van der Waals surface area contributed by atoms with Crippen molar-refractivity contribution in [3.05, 3.63) is 23.5 Å². The van der Waals surface area contributed by atoms with Crippen LogP contribution in [0.1, 0.15) is 12.8 Å². The molecule has 1 aromatic heterocycles. The molecule has 1 heterocycles. The third kappa shape index (κ3) is 4.38. The highest BCUT2D eigenvalue weighted by molar-refractivity contribution is 6.33. The van der Waals surface area contributed by atoms with Crippen molar-refractivity contribution in [1.82, 2.24) is 4.98 Å². The minimum Gasteiger partial charge on any atom is -0.481 e. The van der Waals surface area contributed by atoms with Gasteiger partial charge in [0.05, 0.1) is 22.9 Å². The number of halogens is 1. The second kappa shape index (κ2) is 6.17. The molecule has 4 N–H and O–H groups in total. The van der Waals surface area contributed by atoms with E-state index >= 15 is 0 Å². The molecule has 0 radical (unpaired) electrons. The van der Waals surface area contributed by atoms with E-state index in [1.54, 1.807) is 0 Å². The maximum Gasteiger partial charge on any atom is 0.303 e. The van der Waals surface area contributed by atoms with Crippen LogP contribution in [0.2, 0.25) is 5.02 Å². The summed E-state index contributed by atoms with van der Waals surface area (Å²) < 4.78 is 0. The molecule has 6 nitrogen and oxygen atoms in total. The molecular weight excluding hydrogens is 246 g/mol. The Hall–Kier alpha value is -1.66. The highest BCUT2D eigenvalue weighted by atomic mass is 35.5. The Morgan fingerprint density at radius 3 is 2.88 bits per heavy atom. The number of nitrogens with one attached hydrogen (secondary N) is 1. The molecular formula is C10H12ClN3O3. The third-order valence-corrected chi connectivity index (χ3v) is 2.36. The summed E-state index contributed by atoms with van der Waals surface area (Å²) in [5.41, 5.74) is 5.88. The molecule has 17 heavy (non-hydrogen) atoms. The lowest BCUT2D eigenvalue weighted by atomic mass is 10.1. The minimum absolute atomic E-state index is 0.0685. The van der Waals surface area contributed by atoms with Gasteiger partial charge in [-0.3, -0.25) is 14.6 Å². The van der Waals surface area contributed by atoms with Crippen LogP contribution < -0.4 is 11.1 Å². The molecule has 1 rings (SSSR count). The molecule has 0 aliphatic rings. The van der Waals surface area contributed by atoms with Crippen molar-refractivity contribution in [1.29, 1.82) is 0 Å². The molecule has 92 valence electrons. The number of pyridine rings is 1. The molecule has 0 aromatic carbocycles. The predicted molar refractivity (Wildman–Crippen MR) is 62.7 cm³/mol. The number of carbonyl (C=O) groups is 2. The summed E-state index contributed by atoms with van der Waals surface area (Å²) in [5.74, 6) is -1.48. The Kier molecular flexibility index (Phi) is 4.86. The monoisotopic (exact) mass is 257 g/mol. The quantitative estimate of drug-likeness (QED) is 0.726. The largest absolute Gasteiger partial charge is 0.481 e. The number of nitrogens with two attached hydrogens (primary N) is 1. The standard InChI is InChI=1S/C10H12ClN3O3/c11-6-3-4-13-5-8(6)14-10(17)7(12)1-2-9(15)16/h3-5,7H,1-2,12H2,(H,14,17)(H,15,16). The van der Waals surface area contributed by atoms with E-state index in [-0.39, 0.29) is 12.8 Å². The molecule has 0 spiro atoms. The molecule has 0 fully saturated rings. The van der Waals surface area contributed by atoms with E-state index in [1.807, 2.05) is 0 Å². The number of aliphatic carboxylic acids is 1. The summed E-state index contributed by atoms with van der Waals surface area (Å²) in [5, 5.41) is 11.3. The van der Waals surface area contributed by atoms with Gasteiger partial charge in [0.1, 0.15) is 0 Å². The number of hydrogen-bond acceptors (Lipinski definition) is 4. The van der Waals surface area contributed by atoms with Crippen LogP contribution >= 0.6 is 11.6 Å². The van der Waals surface area contributed by atoms with Gasteiger partial charge in [-0.1, -0.05) is 11.6 Å². The van der Waals surface area contributed by atoms with E-state index in [4.69, 9.17) is 22.4 Å². The van der Waals surface area contributed by atoms with E-state index in [1.165, 1.54) is 18.5 Å². The molecule has 1 unspecified atom stereocenters. The number of rotatable bonds is 5. The zero-order chi connectivity index (χ0) is 12.8. The van der Waals surface area contributed by atoms with Gasteiger partial charge in [0, 0.05) is 12.6 Å². The number of amides is 1. The first-order valence-electron chi connectivity index (χ1n) is 4.88. The summed E-state index contributed by atoms with van der Waals surface area (Å²) >= 11 is 5.81. The smallest absolute Gasteiger partial charge is 0.303 e. The van der Waals surface area contributed by atoms with Gasteiger partial charge in [-0.25, -0.2) is 0 Å². The number of nitrogens with zero attached hydrogens (tertiary/aromatic N) is 1. The molecule has 0 aliphatic carbocycles. The van der Waals surface area contributed by atoms with Crippen LogP contribution in [0.15, 0.2) is 18.5 Å². The highest BCUT2D eigenvalue weighted by Gasteiger charge is 2.15. The van der Waals surface area contributed by atoms with E-state index in [2.05, 4.69) is 10.3 Å². The number of aromatic nitrogens is 1. The van der Waals surface area contributed by atoms with Gasteiger partial charge in [-0.2, -0.15) is 0 Å². The SMILES string of the molecule is NC(CCC(=O)O)C(=O)Nc1cnccc1Cl. The van der Waals surface area contributed by atoms with Gasteiger partial charge < -0.3 is 16.2 Å². The fourth-order valence-electron chi connectivity index (χ4n) is 1.10. The summed E-state index contributed by atoms with van der Waals surface area (Å²) in [7, 11) is 0. The van der Waals surface area contributed by atoms with Crippen LogP contribution in [0.4, 0.5) is 5.69 Å². The second-order valence-electron chi connectivity index (χ2n) is 3.38. The van der Waals surface area contributed by atoms with Gasteiger partial charge in [-0.15, -0.1) is 0 Å². The van der Waals surface area contributed by atoms with Crippen molar-refractivity contribution in [3.63, 3.8) is 0 Å². The van der Waals surface area contributed by atoms with Gasteiger partial charge in [0.25, 0.3) is 0 Å². The molecule has 0 saturated heterocycles. The molecule has 1 amide bonds. The maximum absolute atomic E-state index is 11.6. The minimum atomic E-state index is -0.993. The van der Waals surface area contributed by atoms with Crippen LogP contribution in [-0.2, 0) is 9.59 Å². The van der Waals surface area contributed by atoms with Crippen LogP contribution in [-0.4, -0.2) is 28.0 Å². The lowest BCUT2D eigenvalue weighted by Crippen LogP contribution is -2.36. The van der Waals surface area contributed by atoms with Gasteiger partial charge in [0.15, 0.2) is 0 Å². The highest BCUT2D eigenvalue weighted by Crippen LogP contribution is 2.19.